The first-order valence-electron chi connectivity index (χ1n) is 9.85. The molecule has 1 aromatic carbocycles. The Balaban J connectivity index is 1.64. The normalized spacial score (nSPS) is 10.4. The van der Waals surface area contributed by atoms with Gasteiger partial charge in [0.05, 0.1) is 31.4 Å². The third kappa shape index (κ3) is 9.16. The third-order valence-corrected chi connectivity index (χ3v) is 3.91. The van der Waals surface area contributed by atoms with Gasteiger partial charge < -0.3 is 24.5 Å². The van der Waals surface area contributed by atoms with Crippen molar-refractivity contribution in [3.63, 3.8) is 0 Å². The largest absolute Gasteiger partial charge is 0.467 e. The quantitative estimate of drug-likeness (QED) is 0.525. The summed E-state index contributed by atoms with van der Waals surface area (Å²) in [6.07, 6.45) is 1.29. The fourth-order valence-electron chi connectivity index (χ4n) is 2.33. The van der Waals surface area contributed by atoms with Crippen LogP contribution in [0.5, 0.6) is 0 Å². The van der Waals surface area contributed by atoms with Gasteiger partial charge in [0.15, 0.2) is 6.61 Å². The minimum atomic E-state index is -0.661. The maximum Gasteiger partial charge on any atom is 0.338 e. The topological polar surface area (TPSA) is 124 Å². The molecule has 0 spiro atoms. The van der Waals surface area contributed by atoms with Crippen molar-refractivity contribution in [2.75, 3.05) is 18.5 Å². The van der Waals surface area contributed by atoms with E-state index in [1.165, 1.54) is 18.4 Å². The van der Waals surface area contributed by atoms with Crippen LogP contribution in [0.25, 0.3) is 0 Å². The van der Waals surface area contributed by atoms with Gasteiger partial charge in [-0.05, 0) is 42.3 Å². The van der Waals surface area contributed by atoms with Gasteiger partial charge in [-0.3, -0.25) is 14.4 Å². The van der Waals surface area contributed by atoms with Crippen molar-refractivity contribution < 1.29 is 33.1 Å². The molecular weight excluding hydrogens is 404 g/mol. The van der Waals surface area contributed by atoms with E-state index in [0.717, 1.165) is 0 Å². The molecule has 9 nitrogen and oxygen atoms in total. The molecule has 0 unspecified atom stereocenters. The van der Waals surface area contributed by atoms with E-state index in [-0.39, 0.29) is 31.2 Å². The van der Waals surface area contributed by atoms with E-state index in [9.17, 15) is 19.2 Å². The Hall–Kier alpha value is -3.62. The van der Waals surface area contributed by atoms with Crippen LogP contribution in [0.1, 0.15) is 42.8 Å². The SMILES string of the molecule is CC(C)COC(=O)c1ccc(NC(=O)COC(=O)CCC(=O)NCc2ccco2)cc1. The molecule has 166 valence electrons. The lowest BCUT2D eigenvalue weighted by Gasteiger charge is -2.09. The van der Waals surface area contributed by atoms with Crippen molar-refractivity contribution >= 4 is 29.4 Å². The van der Waals surface area contributed by atoms with Crippen LogP contribution in [0, 0.1) is 5.92 Å². The van der Waals surface area contributed by atoms with Crippen LogP contribution in [0.3, 0.4) is 0 Å². The first kappa shape index (κ1) is 23.7. The number of carbonyl (C=O) groups excluding carboxylic acids is 4. The number of hydrogen-bond donors (Lipinski definition) is 2. The lowest BCUT2D eigenvalue weighted by molar-refractivity contribution is -0.148. The predicted octanol–water partition coefficient (Wildman–Crippen LogP) is 2.67. The molecule has 0 fully saturated rings. The zero-order valence-corrected chi connectivity index (χ0v) is 17.5. The molecule has 2 aromatic rings. The highest BCUT2D eigenvalue weighted by molar-refractivity contribution is 5.94. The molecule has 0 atom stereocenters. The first-order chi connectivity index (χ1) is 14.8. The van der Waals surface area contributed by atoms with Crippen molar-refractivity contribution in [3.05, 3.63) is 54.0 Å². The summed E-state index contributed by atoms with van der Waals surface area (Å²) in [6, 6.07) is 9.60. The molecule has 0 bridgehead atoms. The van der Waals surface area contributed by atoms with Crippen LogP contribution in [0.2, 0.25) is 0 Å². The molecule has 0 aliphatic rings. The number of anilines is 1. The molecule has 2 amide bonds. The number of esters is 2. The molecule has 0 aliphatic heterocycles. The van der Waals surface area contributed by atoms with Crippen LogP contribution >= 0.6 is 0 Å². The zero-order valence-electron chi connectivity index (χ0n) is 17.5. The first-order valence-corrected chi connectivity index (χ1v) is 9.85. The Morgan fingerprint density at radius 2 is 1.71 bits per heavy atom. The Morgan fingerprint density at radius 1 is 0.968 bits per heavy atom. The molecule has 0 saturated carbocycles. The Labute approximate surface area is 180 Å². The van der Waals surface area contributed by atoms with E-state index < -0.39 is 24.5 Å². The van der Waals surface area contributed by atoms with E-state index in [2.05, 4.69) is 10.6 Å². The molecule has 1 heterocycles. The monoisotopic (exact) mass is 430 g/mol. The van der Waals surface area contributed by atoms with Gasteiger partial charge in [-0.1, -0.05) is 13.8 Å². The van der Waals surface area contributed by atoms with Crippen molar-refractivity contribution in [1.29, 1.82) is 0 Å². The van der Waals surface area contributed by atoms with Gasteiger partial charge >= 0.3 is 11.9 Å². The average molecular weight is 430 g/mol. The summed E-state index contributed by atoms with van der Waals surface area (Å²) in [6.45, 7) is 3.96. The lowest BCUT2D eigenvalue weighted by atomic mass is 10.2. The van der Waals surface area contributed by atoms with Crippen molar-refractivity contribution in [3.8, 4) is 0 Å². The zero-order chi connectivity index (χ0) is 22.6. The molecule has 31 heavy (non-hydrogen) atoms. The minimum absolute atomic E-state index is 0.0600. The van der Waals surface area contributed by atoms with Crippen molar-refractivity contribution in [1.82, 2.24) is 5.32 Å². The second kappa shape index (κ2) is 12.2. The molecule has 1 aromatic heterocycles. The standard InChI is InChI=1S/C22H26N2O7/c1-15(2)13-31-22(28)16-5-7-17(8-6-16)24-20(26)14-30-21(27)10-9-19(25)23-12-18-4-3-11-29-18/h3-8,11,15H,9-10,12-14H2,1-2H3,(H,23,25)(H,24,26). The average Bonchev–Trinajstić information content (AvgIpc) is 3.27. The molecule has 2 N–H and O–H groups in total. The number of carbonyl (C=O) groups is 4. The summed E-state index contributed by atoms with van der Waals surface area (Å²) in [5.74, 6) is -1.12. The van der Waals surface area contributed by atoms with Gasteiger partial charge in [0.25, 0.3) is 5.91 Å². The van der Waals surface area contributed by atoms with Gasteiger partial charge in [-0.25, -0.2) is 4.79 Å². The number of ether oxygens (including phenoxy) is 2. The maximum atomic E-state index is 11.9. The van der Waals surface area contributed by atoms with Crippen LogP contribution in [-0.4, -0.2) is 37.0 Å². The highest BCUT2D eigenvalue weighted by Crippen LogP contribution is 2.11. The molecular formula is C22H26N2O7. The number of amides is 2. The molecule has 0 aliphatic carbocycles. The second-order valence-corrected chi connectivity index (χ2v) is 7.13. The van der Waals surface area contributed by atoms with Crippen LogP contribution in [0.4, 0.5) is 5.69 Å². The van der Waals surface area contributed by atoms with E-state index in [1.807, 2.05) is 13.8 Å². The number of nitrogens with one attached hydrogen (secondary N) is 2. The van der Waals surface area contributed by atoms with Crippen molar-refractivity contribution in [2.45, 2.75) is 33.2 Å². The second-order valence-electron chi connectivity index (χ2n) is 7.13. The summed E-state index contributed by atoms with van der Waals surface area (Å²) >= 11 is 0. The summed E-state index contributed by atoms with van der Waals surface area (Å²) < 4.78 is 15.1. The summed E-state index contributed by atoms with van der Waals surface area (Å²) in [7, 11) is 0. The van der Waals surface area contributed by atoms with Gasteiger partial charge in [-0.2, -0.15) is 0 Å². The van der Waals surface area contributed by atoms with Crippen LogP contribution < -0.4 is 10.6 Å². The molecule has 0 radical (unpaired) electrons. The van der Waals surface area contributed by atoms with Gasteiger partial charge in [0, 0.05) is 12.1 Å². The van der Waals surface area contributed by atoms with Gasteiger partial charge in [0.2, 0.25) is 5.91 Å². The molecule has 0 saturated heterocycles. The maximum absolute atomic E-state index is 11.9. The fourth-order valence-corrected chi connectivity index (χ4v) is 2.33. The summed E-state index contributed by atoms with van der Waals surface area (Å²) in [4.78, 5) is 47.2. The number of benzene rings is 1. The summed E-state index contributed by atoms with van der Waals surface area (Å²) in [5, 5.41) is 5.17. The van der Waals surface area contributed by atoms with E-state index >= 15 is 0 Å². The molecule has 2 rings (SSSR count). The highest BCUT2D eigenvalue weighted by Gasteiger charge is 2.12. The van der Waals surface area contributed by atoms with Gasteiger partial charge in [-0.15, -0.1) is 0 Å². The van der Waals surface area contributed by atoms with Gasteiger partial charge in [0.1, 0.15) is 5.76 Å². The predicted molar refractivity (Wildman–Crippen MR) is 111 cm³/mol. The Kier molecular flexibility index (Phi) is 9.28. The minimum Gasteiger partial charge on any atom is -0.467 e. The Morgan fingerprint density at radius 3 is 2.35 bits per heavy atom. The number of rotatable bonds is 11. The highest BCUT2D eigenvalue weighted by atomic mass is 16.5. The number of furan rings is 1. The smallest absolute Gasteiger partial charge is 0.338 e. The van der Waals surface area contributed by atoms with Crippen LogP contribution in [-0.2, 0) is 30.4 Å². The number of hydrogen-bond acceptors (Lipinski definition) is 7. The van der Waals surface area contributed by atoms with E-state index in [1.54, 1.807) is 24.3 Å². The van der Waals surface area contributed by atoms with Crippen LogP contribution in [0.15, 0.2) is 47.1 Å². The van der Waals surface area contributed by atoms with E-state index in [4.69, 9.17) is 13.9 Å². The lowest BCUT2D eigenvalue weighted by Crippen LogP contribution is -2.24. The summed E-state index contributed by atoms with van der Waals surface area (Å²) in [5.41, 5.74) is 0.814. The Bertz CT molecular complexity index is 874. The van der Waals surface area contributed by atoms with Crippen molar-refractivity contribution in [2.24, 2.45) is 5.92 Å². The fraction of sp³-hybridized carbons (Fsp3) is 0.364. The third-order valence-electron chi connectivity index (χ3n) is 3.91. The van der Waals surface area contributed by atoms with E-state index in [0.29, 0.717) is 23.6 Å². The molecule has 9 heteroatoms.